The van der Waals surface area contributed by atoms with Gasteiger partial charge in [0.05, 0.1) is 36.8 Å². The molecule has 37 heavy (non-hydrogen) atoms. The molecule has 0 spiro atoms. The molecule has 1 aliphatic heterocycles. The first kappa shape index (κ1) is 27.3. The Morgan fingerprint density at radius 3 is 2.38 bits per heavy atom. The number of morpholine rings is 1. The Bertz CT molecular complexity index is 1370. The zero-order valence-corrected chi connectivity index (χ0v) is 23.1. The van der Waals surface area contributed by atoms with Gasteiger partial charge in [0, 0.05) is 34.9 Å². The first-order valence-corrected chi connectivity index (χ1v) is 14.0. The van der Waals surface area contributed by atoms with Crippen LogP contribution >= 0.6 is 11.6 Å². The molecule has 0 bridgehead atoms. The fraction of sp³-hybridized carbons (Fsp3) is 0.407. The molecule has 2 heterocycles. The Labute approximate surface area is 223 Å². The third-order valence-corrected chi connectivity index (χ3v) is 8.32. The maximum atomic E-state index is 13.5. The molecule has 3 aromatic rings. The molecule has 1 saturated heterocycles. The highest BCUT2D eigenvalue weighted by molar-refractivity contribution is 7.89. The van der Waals surface area contributed by atoms with Crippen molar-refractivity contribution in [3.63, 3.8) is 0 Å². The summed E-state index contributed by atoms with van der Waals surface area (Å²) in [5.74, 6) is -0.361. The Morgan fingerprint density at radius 1 is 1.08 bits per heavy atom. The van der Waals surface area contributed by atoms with Gasteiger partial charge in [-0.15, -0.1) is 0 Å². The normalized spacial score (nSPS) is 15.1. The molecule has 2 aromatic carbocycles. The van der Waals surface area contributed by atoms with Gasteiger partial charge in [-0.3, -0.25) is 9.48 Å². The van der Waals surface area contributed by atoms with Gasteiger partial charge in [0.2, 0.25) is 10.0 Å². The summed E-state index contributed by atoms with van der Waals surface area (Å²) in [4.78, 5) is 13.0. The van der Waals surface area contributed by atoms with Crippen LogP contribution in [0.4, 0.5) is 0 Å². The van der Waals surface area contributed by atoms with E-state index in [1.807, 2.05) is 45.9 Å². The second-order valence-corrected chi connectivity index (χ2v) is 12.3. The van der Waals surface area contributed by atoms with Gasteiger partial charge in [-0.1, -0.05) is 41.9 Å². The number of hydrogen-bond donors (Lipinski definition) is 0. The number of aromatic nitrogens is 2. The summed E-state index contributed by atoms with van der Waals surface area (Å²) in [5, 5.41) is 5.42. The third kappa shape index (κ3) is 6.41. The van der Waals surface area contributed by atoms with E-state index in [4.69, 9.17) is 26.2 Å². The van der Waals surface area contributed by atoms with Gasteiger partial charge < -0.3 is 9.47 Å². The maximum absolute atomic E-state index is 13.5. The smallest absolute Gasteiger partial charge is 0.310 e. The van der Waals surface area contributed by atoms with Crippen LogP contribution in [-0.4, -0.2) is 60.4 Å². The fourth-order valence-electron chi connectivity index (χ4n) is 4.28. The van der Waals surface area contributed by atoms with Crippen molar-refractivity contribution in [2.45, 2.75) is 51.2 Å². The van der Waals surface area contributed by atoms with E-state index in [0.717, 1.165) is 16.8 Å². The zero-order valence-electron chi connectivity index (χ0n) is 21.5. The molecular formula is C27H32ClN3O5S. The SMILES string of the molecule is Cc1c(CC(=O)OC(C)(C)C)c(-c2ccc(Cl)cc2)nn1Cc1ccccc1S(=O)(=O)N1CCOCC1. The number of sulfonamides is 1. The second kappa shape index (κ2) is 10.9. The van der Waals surface area contributed by atoms with Gasteiger partial charge in [0.25, 0.3) is 0 Å². The predicted octanol–water partition coefficient (Wildman–Crippen LogP) is 4.47. The quantitative estimate of drug-likeness (QED) is 0.407. The summed E-state index contributed by atoms with van der Waals surface area (Å²) in [5.41, 5.74) is 2.92. The molecule has 0 saturated carbocycles. The van der Waals surface area contributed by atoms with Crippen molar-refractivity contribution >= 4 is 27.6 Å². The van der Waals surface area contributed by atoms with Gasteiger partial charge in [-0.05, 0) is 51.5 Å². The number of esters is 1. The summed E-state index contributed by atoms with van der Waals surface area (Å²) in [6.07, 6.45) is 0.0365. The third-order valence-electron chi connectivity index (χ3n) is 6.07. The molecule has 0 aliphatic carbocycles. The average Bonchev–Trinajstić information content (AvgIpc) is 3.14. The van der Waals surface area contributed by atoms with Crippen LogP contribution in [0.15, 0.2) is 53.4 Å². The van der Waals surface area contributed by atoms with Gasteiger partial charge in [0.1, 0.15) is 5.60 Å². The lowest BCUT2D eigenvalue weighted by molar-refractivity contribution is -0.153. The summed E-state index contributed by atoms with van der Waals surface area (Å²) in [6, 6.07) is 14.2. The molecule has 1 fully saturated rings. The minimum atomic E-state index is -3.70. The summed E-state index contributed by atoms with van der Waals surface area (Å²) in [7, 11) is -3.70. The van der Waals surface area contributed by atoms with Crippen LogP contribution in [0.3, 0.4) is 0 Å². The number of hydrogen-bond acceptors (Lipinski definition) is 6. The Balaban J connectivity index is 1.73. The highest BCUT2D eigenvalue weighted by Gasteiger charge is 2.29. The average molecular weight is 546 g/mol. The van der Waals surface area contributed by atoms with Crippen molar-refractivity contribution in [3.8, 4) is 11.3 Å². The molecule has 0 N–H and O–H groups in total. The molecule has 4 rings (SSSR count). The highest BCUT2D eigenvalue weighted by Crippen LogP contribution is 2.29. The molecule has 198 valence electrons. The van der Waals surface area contributed by atoms with Crippen molar-refractivity contribution in [2.24, 2.45) is 0 Å². The van der Waals surface area contributed by atoms with Crippen molar-refractivity contribution in [2.75, 3.05) is 26.3 Å². The van der Waals surface area contributed by atoms with Crippen LogP contribution in [0, 0.1) is 6.92 Å². The van der Waals surface area contributed by atoms with E-state index < -0.39 is 15.6 Å². The molecule has 0 atom stereocenters. The molecule has 0 radical (unpaired) electrons. The number of carbonyl (C=O) groups is 1. The summed E-state index contributed by atoms with van der Waals surface area (Å²) in [6.45, 7) is 8.96. The molecule has 0 amide bonds. The molecule has 0 unspecified atom stereocenters. The van der Waals surface area contributed by atoms with E-state index in [9.17, 15) is 13.2 Å². The van der Waals surface area contributed by atoms with Crippen LogP contribution in [-0.2, 0) is 37.3 Å². The van der Waals surface area contributed by atoms with Crippen molar-refractivity contribution in [3.05, 3.63) is 70.4 Å². The molecule has 1 aliphatic rings. The first-order valence-electron chi connectivity index (χ1n) is 12.2. The second-order valence-electron chi connectivity index (χ2n) is 9.96. The number of ether oxygens (including phenoxy) is 2. The summed E-state index contributed by atoms with van der Waals surface area (Å²) < 4.78 is 41.0. The van der Waals surface area contributed by atoms with Crippen molar-refractivity contribution in [1.29, 1.82) is 0 Å². The molecule has 1 aromatic heterocycles. The monoisotopic (exact) mass is 545 g/mol. The largest absolute Gasteiger partial charge is 0.460 e. The summed E-state index contributed by atoms with van der Waals surface area (Å²) >= 11 is 6.10. The number of rotatable bonds is 7. The Morgan fingerprint density at radius 2 is 1.73 bits per heavy atom. The number of benzene rings is 2. The maximum Gasteiger partial charge on any atom is 0.310 e. The number of nitrogens with zero attached hydrogens (tertiary/aromatic N) is 3. The van der Waals surface area contributed by atoms with Crippen LogP contribution in [0.2, 0.25) is 5.02 Å². The zero-order chi connectivity index (χ0) is 26.8. The molecule has 10 heteroatoms. The van der Waals surface area contributed by atoms with E-state index in [1.165, 1.54) is 4.31 Å². The Hall–Kier alpha value is -2.72. The predicted molar refractivity (Wildman–Crippen MR) is 142 cm³/mol. The van der Waals surface area contributed by atoms with Crippen LogP contribution < -0.4 is 0 Å². The molecule has 8 nitrogen and oxygen atoms in total. The van der Waals surface area contributed by atoms with E-state index >= 15 is 0 Å². The van der Waals surface area contributed by atoms with E-state index in [2.05, 4.69) is 0 Å². The van der Waals surface area contributed by atoms with Crippen molar-refractivity contribution < 1.29 is 22.7 Å². The van der Waals surface area contributed by atoms with Gasteiger partial charge in [-0.25, -0.2) is 8.42 Å². The lowest BCUT2D eigenvalue weighted by atomic mass is 10.0. The lowest BCUT2D eigenvalue weighted by Crippen LogP contribution is -2.41. The lowest BCUT2D eigenvalue weighted by Gasteiger charge is -2.27. The highest BCUT2D eigenvalue weighted by atomic mass is 35.5. The van der Waals surface area contributed by atoms with E-state index in [1.54, 1.807) is 35.0 Å². The van der Waals surface area contributed by atoms with Gasteiger partial charge >= 0.3 is 5.97 Å². The van der Waals surface area contributed by atoms with Crippen LogP contribution in [0.5, 0.6) is 0 Å². The minimum Gasteiger partial charge on any atom is -0.460 e. The van der Waals surface area contributed by atoms with E-state index in [-0.39, 0.29) is 23.8 Å². The van der Waals surface area contributed by atoms with Gasteiger partial charge in [0.15, 0.2) is 0 Å². The number of carbonyl (C=O) groups excluding carboxylic acids is 1. The Kier molecular flexibility index (Phi) is 8.08. The van der Waals surface area contributed by atoms with Crippen LogP contribution in [0.25, 0.3) is 11.3 Å². The molecular weight excluding hydrogens is 514 g/mol. The van der Waals surface area contributed by atoms with Gasteiger partial charge in [-0.2, -0.15) is 9.40 Å². The fourth-order valence-corrected chi connectivity index (χ4v) is 6.03. The van der Waals surface area contributed by atoms with Crippen molar-refractivity contribution in [1.82, 2.24) is 14.1 Å². The van der Waals surface area contributed by atoms with E-state index in [0.29, 0.717) is 42.6 Å². The van der Waals surface area contributed by atoms with Crippen LogP contribution in [0.1, 0.15) is 37.6 Å². The standard InChI is InChI=1S/C27H32ClN3O5S/c1-19-23(17-25(32)36-27(2,3)4)26(20-9-11-22(28)12-10-20)29-31(19)18-21-7-5-6-8-24(21)37(33,34)30-13-15-35-16-14-30/h5-12H,13-18H2,1-4H3. The number of halogens is 1. The minimum absolute atomic E-state index is 0.0365. The first-order chi connectivity index (χ1) is 17.5. The topological polar surface area (TPSA) is 90.7 Å².